The molecule has 1 unspecified atom stereocenters. The third kappa shape index (κ3) is 3.83. The molecule has 0 saturated heterocycles. The molecular formula is C16H21ClFN3. The molecular weight excluding hydrogens is 289 g/mol. The normalized spacial score (nSPS) is 12.6. The first kappa shape index (κ1) is 16.0. The number of halogens is 2. The van der Waals surface area contributed by atoms with E-state index < -0.39 is 0 Å². The molecule has 114 valence electrons. The van der Waals surface area contributed by atoms with Crippen molar-refractivity contribution in [1.29, 1.82) is 0 Å². The van der Waals surface area contributed by atoms with Crippen LogP contribution in [0.2, 0.25) is 5.02 Å². The Labute approximate surface area is 130 Å². The van der Waals surface area contributed by atoms with Crippen LogP contribution in [-0.4, -0.2) is 16.1 Å². The second-order valence-corrected chi connectivity index (χ2v) is 5.37. The molecule has 2 aromatic rings. The van der Waals surface area contributed by atoms with Gasteiger partial charge in [-0.15, -0.1) is 0 Å². The van der Waals surface area contributed by atoms with Crippen molar-refractivity contribution in [2.45, 2.75) is 39.3 Å². The van der Waals surface area contributed by atoms with Gasteiger partial charge in [-0.25, -0.2) is 9.37 Å². The number of aryl methyl sites for hydroxylation is 1. The third-order valence-electron chi connectivity index (χ3n) is 3.46. The zero-order valence-electron chi connectivity index (χ0n) is 12.4. The van der Waals surface area contributed by atoms with Crippen LogP contribution < -0.4 is 5.32 Å². The predicted octanol–water partition coefficient (Wildman–Crippen LogP) is 3.98. The van der Waals surface area contributed by atoms with Crippen molar-refractivity contribution in [3.8, 4) is 0 Å². The van der Waals surface area contributed by atoms with Crippen LogP contribution in [0.5, 0.6) is 0 Å². The minimum absolute atomic E-state index is 0.0452. The Morgan fingerprint density at radius 1 is 1.38 bits per heavy atom. The van der Waals surface area contributed by atoms with Crippen LogP contribution in [0.15, 0.2) is 30.6 Å². The van der Waals surface area contributed by atoms with Crippen LogP contribution >= 0.6 is 11.6 Å². The number of nitrogens with one attached hydrogen (secondary N) is 1. The molecule has 2 rings (SSSR count). The Kier molecular flexibility index (Phi) is 5.76. The minimum Gasteiger partial charge on any atom is -0.335 e. The highest BCUT2D eigenvalue weighted by atomic mass is 35.5. The summed E-state index contributed by atoms with van der Waals surface area (Å²) in [7, 11) is 0. The SMILES string of the molecule is CCCn1ccnc1CC(NCC)c1cccc(F)c1Cl. The Balaban J connectivity index is 2.26. The van der Waals surface area contributed by atoms with Gasteiger partial charge < -0.3 is 9.88 Å². The fourth-order valence-corrected chi connectivity index (χ4v) is 2.74. The van der Waals surface area contributed by atoms with Gasteiger partial charge in [0.25, 0.3) is 0 Å². The molecule has 0 bridgehead atoms. The van der Waals surface area contributed by atoms with Gasteiger partial charge in [-0.1, -0.05) is 37.6 Å². The first-order chi connectivity index (χ1) is 10.2. The molecule has 5 heteroatoms. The lowest BCUT2D eigenvalue weighted by atomic mass is 10.0. The van der Waals surface area contributed by atoms with E-state index in [1.165, 1.54) is 6.07 Å². The van der Waals surface area contributed by atoms with Gasteiger partial charge in [-0.3, -0.25) is 0 Å². The summed E-state index contributed by atoms with van der Waals surface area (Å²) >= 11 is 6.12. The van der Waals surface area contributed by atoms with Crippen molar-refractivity contribution in [2.24, 2.45) is 0 Å². The van der Waals surface area contributed by atoms with Crippen LogP contribution in [-0.2, 0) is 13.0 Å². The van der Waals surface area contributed by atoms with E-state index in [-0.39, 0.29) is 16.9 Å². The van der Waals surface area contributed by atoms with Crippen molar-refractivity contribution >= 4 is 11.6 Å². The van der Waals surface area contributed by atoms with E-state index >= 15 is 0 Å². The quantitative estimate of drug-likeness (QED) is 0.838. The summed E-state index contributed by atoms with van der Waals surface area (Å²) in [6, 6.07) is 4.90. The molecule has 3 nitrogen and oxygen atoms in total. The molecule has 1 aromatic heterocycles. The van der Waals surface area contributed by atoms with Crippen LogP contribution in [0.4, 0.5) is 4.39 Å². The van der Waals surface area contributed by atoms with Crippen molar-refractivity contribution < 1.29 is 4.39 Å². The highest BCUT2D eigenvalue weighted by Crippen LogP contribution is 2.27. The van der Waals surface area contributed by atoms with Gasteiger partial charge in [0.2, 0.25) is 0 Å². The number of hydrogen-bond acceptors (Lipinski definition) is 2. The zero-order valence-corrected chi connectivity index (χ0v) is 13.2. The molecule has 1 N–H and O–H groups in total. The molecule has 0 fully saturated rings. The van der Waals surface area contributed by atoms with E-state index in [1.54, 1.807) is 12.3 Å². The molecule has 0 spiro atoms. The minimum atomic E-state index is -0.381. The van der Waals surface area contributed by atoms with Crippen LogP contribution in [0.1, 0.15) is 37.7 Å². The number of nitrogens with zero attached hydrogens (tertiary/aromatic N) is 2. The van der Waals surface area contributed by atoms with Crippen molar-refractivity contribution in [3.63, 3.8) is 0 Å². The lowest BCUT2D eigenvalue weighted by molar-refractivity contribution is 0.512. The van der Waals surface area contributed by atoms with Gasteiger partial charge in [0.05, 0.1) is 5.02 Å². The molecule has 1 aromatic carbocycles. The standard InChI is InChI=1S/C16H21ClFN3/c1-3-9-21-10-8-20-15(21)11-14(19-4-2)12-6-5-7-13(18)16(12)17/h5-8,10,14,19H,3-4,9,11H2,1-2H3. The molecule has 1 heterocycles. The number of hydrogen-bond donors (Lipinski definition) is 1. The zero-order chi connectivity index (χ0) is 15.2. The number of imidazole rings is 1. The Bertz CT molecular complexity index is 583. The summed E-state index contributed by atoms with van der Waals surface area (Å²) in [6.07, 6.45) is 5.52. The van der Waals surface area contributed by atoms with Crippen LogP contribution in [0.3, 0.4) is 0 Å². The molecule has 1 atom stereocenters. The Morgan fingerprint density at radius 2 is 2.19 bits per heavy atom. The average Bonchev–Trinajstić information content (AvgIpc) is 2.89. The lowest BCUT2D eigenvalue weighted by Gasteiger charge is -2.20. The summed E-state index contributed by atoms with van der Waals surface area (Å²) in [5, 5.41) is 3.56. The molecule has 0 radical (unpaired) electrons. The first-order valence-electron chi connectivity index (χ1n) is 7.34. The Morgan fingerprint density at radius 3 is 2.90 bits per heavy atom. The smallest absolute Gasteiger partial charge is 0.142 e. The van der Waals surface area contributed by atoms with E-state index in [4.69, 9.17) is 11.6 Å². The van der Waals surface area contributed by atoms with Crippen molar-refractivity contribution in [3.05, 3.63) is 52.8 Å². The largest absolute Gasteiger partial charge is 0.335 e. The monoisotopic (exact) mass is 309 g/mol. The fourth-order valence-electron chi connectivity index (χ4n) is 2.49. The second kappa shape index (κ2) is 7.57. The highest BCUT2D eigenvalue weighted by Gasteiger charge is 2.18. The van der Waals surface area contributed by atoms with Gasteiger partial charge in [0.1, 0.15) is 11.6 Å². The number of rotatable bonds is 7. The summed E-state index contributed by atoms with van der Waals surface area (Å²) in [5.74, 6) is 0.608. The topological polar surface area (TPSA) is 29.9 Å². The molecule has 0 amide bonds. The van der Waals surface area contributed by atoms with E-state index in [9.17, 15) is 4.39 Å². The van der Waals surface area contributed by atoms with Crippen LogP contribution in [0.25, 0.3) is 0 Å². The van der Waals surface area contributed by atoms with Crippen molar-refractivity contribution in [1.82, 2.24) is 14.9 Å². The Hall–Kier alpha value is -1.39. The van der Waals surface area contributed by atoms with E-state index in [0.717, 1.165) is 30.9 Å². The summed E-state index contributed by atoms with van der Waals surface area (Å²) in [4.78, 5) is 4.42. The van der Waals surface area contributed by atoms with Crippen LogP contribution in [0, 0.1) is 5.82 Å². The molecule has 0 aliphatic heterocycles. The van der Waals surface area contributed by atoms with Gasteiger partial charge >= 0.3 is 0 Å². The number of likely N-dealkylation sites (N-methyl/N-ethyl adjacent to an activating group) is 1. The summed E-state index contributed by atoms with van der Waals surface area (Å²) in [5.41, 5.74) is 0.782. The average molecular weight is 310 g/mol. The highest BCUT2D eigenvalue weighted by molar-refractivity contribution is 6.31. The van der Waals surface area contributed by atoms with Crippen molar-refractivity contribution in [2.75, 3.05) is 6.54 Å². The number of benzene rings is 1. The fraction of sp³-hybridized carbons (Fsp3) is 0.438. The second-order valence-electron chi connectivity index (χ2n) is 4.99. The molecule has 0 saturated carbocycles. The summed E-state index contributed by atoms with van der Waals surface area (Å²) < 4.78 is 15.8. The molecule has 21 heavy (non-hydrogen) atoms. The van der Waals surface area contributed by atoms with Gasteiger partial charge in [0.15, 0.2) is 0 Å². The predicted molar refractivity (Wildman–Crippen MR) is 84.0 cm³/mol. The number of aromatic nitrogens is 2. The maximum Gasteiger partial charge on any atom is 0.142 e. The van der Waals surface area contributed by atoms with Gasteiger partial charge in [-0.05, 0) is 24.6 Å². The van der Waals surface area contributed by atoms with E-state index in [2.05, 4.69) is 21.8 Å². The molecule has 0 aliphatic carbocycles. The summed E-state index contributed by atoms with van der Waals surface area (Å²) in [6.45, 7) is 5.88. The maximum absolute atomic E-state index is 13.7. The van der Waals surface area contributed by atoms with Gasteiger partial charge in [0, 0.05) is 31.4 Å². The first-order valence-corrected chi connectivity index (χ1v) is 7.72. The van der Waals surface area contributed by atoms with Gasteiger partial charge in [-0.2, -0.15) is 0 Å². The maximum atomic E-state index is 13.7. The molecule has 0 aliphatic rings. The third-order valence-corrected chi connectivity index (χ3v) is 3.86. The van der Waals surface area contributed by atoms with E-state index in [0.29, 0.717) is 6.42 Å². The van der Waals surface area contributed by atoms with E-state index in [1.807, 2.05) is 19.2 Å². The lowest BCUT2D eigenvalue weighted by Crippen LogP contribution is -2.25.